The predicted molar refractivity (Wildman–Crippen MR) is 84.9 cm³/mol. The average Bonchev–Trinajstić information content (AvgIpc) is 2.45. The van der Waals surface area contributed by atoms with Crippen LogP contribution in [0.25, 0.3) is 0 Å². The Morgan fingerprint density at radius 3 is 2.38 bits per heavy atom. The Balaban J connectivity index is 2.22. The summed E-state index contributed by atoms with van der Waals surface area (Å²) in [6.07, 6.45) is -0.0899. The lowest BCUT2D eigenvalue weighted by atomic mass is 9.92. The molecule has 0 amide bonds. The Morgan fingerprint density at radius 2 is 1.81 bits per heavy atom. The van der Waals surface area contributed by atoms with E-state index in [1.54, 1.807) is 42.5 Å². The number of hydrogen-bond acceptors (Lipinski definition) is 2. The molecule has 0 fully saturated rings. The van der Waals surface area contributed by atoms with Gasteiger partial charge in [0.2, 0.25) is 0 Å². The normalized spacial score (nSPS) is 11.9. The van der Waals surface area contributed by atoms with Crippen molar-refractivity contribution in [3.63, 3.8) is 0 Å². The largest absolute Gasteiger partial charge is 0.481 e. The van der Waals surface area contributed by atoms with Crippen LogP contribution < -0.4 is 0 Å². The van der Waals surface area contributed by atoms with Crippen molar-refractivity contribution in [2.24, 2.45) is 0 Å². The number of ketones is 1. The molecule has 0 saturated heterocycles. The van der Waals surface area contributed by atoms with Crippen molar-refractivity contribution in [1.82, 2.24) is 0 Å². The molecule has 0 radical (unpaired) electrons. The van der Waals surface area contributed by atoms with Crippen molar-refractivity contribution < 1.29 is 14.7 Å². The standard InChI is InChI=1S/C16H12BrClO3/c17-12-3-1-2-11(8-12)14(16(20)21)9-15(19)10-4-6-13(18)7-5-10/h1-8,14H,9H2,(H,20,21)/t14-/m0/s1. The van der Waals surface area contributed by atoms with Gasteiger partial charge in [-0.1, -0.05) is 39.7 Å². The molecule has 21 heavy (non-hydrogen) atoms. The fourth-order valence-electron chi connectivity index (χ4n) is 2.01. The summed E-state index contributed by atoms with van der Waals surface area (Å²) in [7, 11) is 0. The maximum atomic E-state index is 12.2. The first kappa shape index (κ1) is 15.7. The SMILES string of the molecule is O=C(C[C@H](C(=O)O)c1cccc(Br)c1)c1ccc(Cl)cc1. The number of carboxylic acids is 1. The van der Waals surface area contributed by atoms with Gasteiger partial charge in [0.1, 0.15) is 0 Å². The fraction of sp³-hybridized carbons (Fsp3) is 0.125. The number of halogens is 2. The van der Waals surface area contributed by atoms with E-state index < -0.39 is 11.9 Å². The number of benzene rings is 2. The van der Waals surface area contributed by atoms with Crippen LogP contribution in [-0.2, 0) is 4.79 Å². The van der Waals surface area contributed by atoms with E-state index in [-0.39, 0.29) is 12.2 Å². The van der Waals surface area contributed by atoms with Crippen molar-refractivity contribution in [2.75, 3.05) is 0 Å². The van der Waals surface area contributed by atoms with Gasteiger partial charge in [0.05, 0.1) is 5.92 Å². The number of carbonyl (C=O) groups excluding carboxylic acids is 1. The van der Waals surface area contributed by atoms with E-state index in [2.05, 4.69) is 15.9 Å². The third-order valence-electron chi connectivity index (χ3n) is 3.10. The van der Waals surface area contributed by atoms with Gasteiger partial charge < -0.3 is 5.11 Å². The van der Waals surface area contributed by atoms with Crippen molar-refractivity contribution in [3.8, 4) is 0 Å². The lowest BCUT2D eigenvalue weighted by Gasteiger charge is -2.12. The van der Waals surface area contributed by atoms with Crippen LogP contribution in [0.2, 0.25) is 5.02 Å². The minimum absolute atomic E-state index is 0.0899. The van der Waals surface area contributed by atoms with Crippen LogP contribution in [0.1, 0.15) is 28.3 Å². The molecular formula is C16H12BrClO3. The van der Waals surface area contributed by atoms with Gasteiger partial charge in [-0.3, -0.25) is 9.59 Å². The summed E-state index contributed by atoms with van der Waals surface area (Å²) in [4.78, 5) is 23.7. The van der Waals surface area contributed by atoms with Crippen molar-refractivity contribution in [1.29, 1.82) is 0 Å². The Kier molecular flexibility index (Phi) is 5.15. The summed E-state index contributed by atoms with van der Waals surface area (Å²) < 4.78 is 0.783. The number of carboxylic acid groups (broad SMARTS) is 1. The minimum Gasteiger partial charge on any atom is -0.481 e. The molecule has 2 aromatic carbocycles. The molecule has 3 nitrogen and oxygen atoms in total. The Bertz CT molecular complexity index is 667. The van der Waals surface area contributed by atoms with Crippen molar-refractivity contribution in [2.45, 2.75) is 12.3 Å². The highest BCUT2D eigenvalue weighted by Crippen LogP contribution is 2.25. The third-order valence-corrected chi connectivity index (χ3v) is 3.85. The second-order valence-electron chi connectivity index (χ2n) is 4.58. The molecule has 0 aliphatic heterocycles. The molecule has 2 rings (SSSR count). The van der Waals surface area contributed by atoms with E-state index >= 15 is 0 Å². The zero-order chi connectivity index (χ0) is 15.4. The summed E-state index contributed by atoms with van der Waals surface area (Å²) in [6.45, 7) is 0. The Hall–Kier alpha value is -1.65. The van der Waals surface area contributed by atoms with Crippen LogP contribution in [-0.4, -0.2) is 16.9 Å². The van der Waals surface area contributed by atoms with E-state index in [1.807, 2.05) is 6.07 Å². The molecule has 5 heteroatoms. The van der Waals surface area contributed by atoms with Crippen LogP contribution in [0.5, 0.6) is 0 Å². The lowest BCUT2D eigenvalue weighted by Crippen LogP contribution is -2.16. The highest BCUT2D eigenvalue weighted by molar-refractivity contribution is 9.10. The van der Waals surface area contributed by atoms with Gasteiger partial charge in [-0.05, 0) is 42.0 Å². The summed E-state index contributed by atoms with van der Waals surface area (Å²) in [5.74, 6) is -2.11. The molecule has 0 heterocycles. The molecule has 0 saturated carbocycles. The first-order chi connectivity index (χ1) is 9.97. The molecule has 1 N–H and O–H groups in total. The summed E-state index contributed by atoms with van der Waals surface area (Å²) in [6, 6.07) is 13.4. The maximum Gasteiger partial charge on any atom is 0.311 e. The number of aliphatic carboxylic acids is 1. The maximum absolute atomic E-state index is 12.2. The van der Waals surface area contributed by atoms with E-state index in [9.17, 15) is 14.7 Å². The molecule has 1 atom stereocenters. The van der Waals surface area contributed by atoms with Crippen LogP contribution in [0.15, 0.2) is 53.0 Å². The Labute approximate surface area is 135 Å². The molecule has 0 aliphatic rings. The summed E-state index contributed by atoms with van der Waals surface area (Å²) in [5, 5.41) is 9.90. The summed E-state index contributed by atoms with van der Waals surface area (Å²) in [5.41, 5.74) is 1.06. The zero-order valence-electron chi connectivity index (χ0n) is 10.9. The quantitative estimate of drug-likeness (QED) is 0.789. The topological polar surface area (TPSA) is 54.4 Å². The van der Waals surface area contributed by atoms with Crippen LogP contribution in [0, 0.1) is 0 Å². The Morgan fingerprint density at radius 1 is 1.14 bits per heavy atom. The van der Waals surface area contributed by atoms with Gasteiger partial charge in [0.25, 0.3) is 0 Å². The zero-order valence-corrected chi connectivity index (χ0v) is 13.3. The smallest absolute Gasteiger partial charge is 0.311 e. The average molecular weight is 368 g/mol. The number of hydrogen-bond donors (Lipinski definition) is 1. The van der Waals surface area contributed by atoms with Gasteiger partial charge >= 0.3 is 5.97 Å². The van der Waals surface area contributed by atoms with Gasteiger partial charge in [-0.2, -0.15) is 0 Å². The van der Waals surface area contributed by atoms with Crippen LogP contribution in [0.4, 0.5) is 0 Å². The molecule has 0 bridgehead atoms. The van der Waals surface area contributed by atoms with E-state index in [4.69, 9.17) is 11.6 Å². The minimum atomic E-state index is -1.02. The number of Topliss-reactive ketones (excluding diaryl/α,β-unsaturated/α-hetero) is 1. The molecule has 0 aliphatic carbocycles. The molecule has 0 aromatic heterocycles. The highest BCUT2D eigenvalue weighted by Gasteiger charge is 2.24. The van der Waals surface area contributed by atoms with Crippen molar-refractivity contribution >= 4 is 39.3 Å². The third kappa shape index (κ3) is 4.16. The first-order valence-electron chi connectivity index (χ1n) is 6.24. The van der Waals surface area contributed by atoms with Gasteiger partial charge in [-0.25, -0.2) is 0 Å². The lowest BCUT2D eigenvalue weighted by molar-refractivity contribution is -0.138. The van der Waals surface area contributed by atoms with Crippen molar-refractivity contribution in [3.05, 3.63) is 69.2 Å². The number of carbonyl (C=O) groups is 2. The molecule has 2 aromatic rings. The second kappa shape index (κ2) is 6.87. The first-order valence-corrected chi connectivity index (χ1v) is 7.41. The molecular weight excluding hydrogens is 356 g/mol. The van der Waals surface area contributed by atoms with E-state index in [1.165, 1.54) is 0 Å². The predicted octanol–water partition coefficient (Wildman–Crippen LogP) is 4.54. The van der Waals surface area contributed by atoms with Crippen LogP contribution >= 0.6 is 27.5 Å². The molecule has 0 spiro atoms. The number of rotatable bonds is 5. The van der Waals surface area contributed by atoms with E-state index in [0.717, 1.165) is 4.47 Å². The monoisotopic (exact) mass is 366 g/mol. The second-order valence-corrected chi connectivity index (χ2v) is 5.93. The van der Waals surface area contributed by atoms with E-state index in [0.29, 0.717) is 16.1 Å². The highest BCUT2D eigenvalue weighted by atomic mass is 79.9. The molecule has 108 valence electrons. The summed E-state index contributed by atoms with van der Waals surface area (Å²) >= 11 is 9.08. The van der Waals surface area contributed by atoms with Crippen LogP contribution in [0.3, 0.4) is 0 Å². The van der Waals surface area contributed by atoms with Gasteiger partial charge in [0.15, 0.2) is 5.78 Å². The fourth-order valence-corrected chi connectivity index (χ4v) is 2.55. The van der Waals surface area contributed by atoms with Gasteiger partial charge in [-0.15, -0.1) is 0 Å². The molecule has 0 unspecified atom stereocenters. The van der Waals surface area contributed by atoms with Gasteiger partial charge in [0, 0.05) is 21.5 Å².